The van der Waals surface area contributed by atoms with Crippen molar-refractivity contribution in [3.63, 3.8) is 0 Å². The van der Waals surface area contributed by atoms with E-state index in [4.69, 9.17) is 0 Å². The average Bonchev–Trinajstić information content (AvgIpc) is 3.38. The van der Waals surface area contributed by atoms with Gasteiger partial charge in [-0.3, -0.25) is 13.8 Å². The quantitative estimate of drug-likeness (QED) is 0.339. The molecule has 0 aromatic carbocycles. The number of rotatable bonds is 6. The van der Waals surface area contributed by atoms with E-state index in [2.05, 4.69) is 5.32 Å². The molecule has 2 amide bonds. The molecule has 4 aliphatic heterocycles. The van der Waals surface area contributed by atoms with Gasteiger partial charge in [-0.05, 0) is 13.3 Å². The first-order valence-electron chi connectivity index (χ1n) is 10.3. The lowest BCUT2D eigenvalue weighted by Crippen LogP contribution is -2.63. The molecule has 3 fully saturated rings. The number of fused-ring (bicyclic) bond motifs is 1. The minimum Gasteiger partial charge on any atom is -0.477 e. The number of β-lactam (4-membered cyclic amide) rings is 1. The third-order valence-corrected chi connectivity index (χ3v) is 9.71. The van der Waals surface area contributed by atoms with Crippen molar-refractivity contribution in [2.75, 3.05) is 25.6 Å². The van der Waals surface area contributed by atoms with E-state index in [1.165, 1.54) is 21.6 Å². The summed E-state index contributed by atoms with van der Waals surface area (Å²) < 4.78 is 12.0. The molecule has 10 nitrogen and oxygen atoms in total. The number of nitrogens with one attached hydrogen (secondary N) is 1. The first-order chi connectivity index (χ1) is 14.6. The number of aliphatic carboxylic acids is 1. The zero-order chi connectivity index (χ0) is 22.6. The Balaban J connectivity index is 1.44. The van der Waals surface area contributed by atoms with Crippen molar-refractivity contribution < 1.29 is 33.9 Å². The standard InChI is InChI=1S/C19H27N3O7S2/c1-8-14-13(9(2)24)18(26)22(14)15(19(27)28)16(8)30-10-3-12(20-4-10)17(25)21-5-11(6-23)31(29)7-21/h8-14,20,23-24H,3-7H2,1-2H3,(H,27,28)/t8-,9+,10-,11?,12-,13+,14+,31?/m0/s1. The fourth-order valence-corrected chi connectivity index (χ4v) is 7.74. The van der Waals surface area contributed by atoms with Crippen molar-refractivity contribution in [3.8, 4) is 0 Å². The molecule has 31 heavy (non-hydrogen) atoms. The maximum absolute atomic E-state index is 12.8. The maximum Gasteiger partial charge on any atom is 0.353 e. The second-order valence-corrected chi connectivity index (χ2v) is 11.6. The van der Waals surface area contributed by atoms with E-state index in [1.54, 1.807) is 6.92 Å². The van der Waals surface area contributed by atoms with Gasteiger partial charge in [-0.2, -0.15) is 0 Å². The van der Waals surface area contributed by atoms with Crippen molar-refractivity contribution in [2.24, 2.45) is 11.8 Å². The molecule has 4 aliphatic rings. The van der Waals surface area contributed by atoms with Gasteiger partial charge >= 0.3 is 5.97 Å². The molecule has 12 heteroatoms. The van der Waals surface area contributed by atoms with Crippen LogP contribution in [0.4, 0.5) is 0 Å². The van der Waals surface area contributed by atoms with E-state index in [0.29, 0.717) is 17.9 Å². The van der Waals surface area contributed by atoms with Crippen LogP contribution in [0.3, 0.4) is 0 Å². The topological polar surface area (TPSA) is 147 Å². The smallest absolute Gasteiger partial charge is 0.353 e. The predicted octanol–water partition coefficient (Wildman–Crippen LogP) is -1.49. The lowest BCUT2D eigenvalue weighted by Gasteiger charge is -2.46. The van der Waals surface area contributed by atoms with Crippen LogP contribution in [0.15, 0.2) is 10.6 Å². The summed E-state index contributed by atoms with van der Waals surface area (Å²) in [5, 5.41) is 31.7. The summed E-state index contributed by atoms with van der Waals surface area (Å²) in [5.74, 6) is -2.39. The van der Waals surface area contributed by atoms with Crippen molar-refractivity contribution >= 4 is 40.3 Å². The molecule has 3 saturated heterocycles. The molecule has 4 heterocycles. The highest BCUT2D eigenvalue weighted by molar-refractivity contribution is 8.03. The Labute approximate surface area is 186 Å². The number of carbonyl (C=O) groups excluding carboxylic acids is 2. The third-order valence-electron chi connectivity index (χ3n) is 6.59. The first kappa shape index (κ1) is 22.7. The summed E-state index contributed by atoms with van der Waals surface area (Å²) in [4.78, 5) is 40.6. The van der Waals surface area contributed by atoms with Crippen LogP contribution in [0.1, 0.15) is 20.3 Å². The molecule has 2 unspecified atom stereocenters. The minimum absolute atomic E-state index is 0.0140. The molecular weight excluding hydrogens is 446 g/mol. The highest BCUT2D eigenvalue weighted by Gasteiger charge is 2.60. The number of aliphatic hydroxyl groups is 2. The zero-order valence-corrected chi connectivity index (χ0v) is 18.9. The summed E-state index contributed by atoms with van der Waals surface area (Å²) >= 11 is 1.38. The molecule has 4 N–H and O–H groups in total. The maximum atomic E-state index is 12.8. The van der Waals surface area contributed by atoms with Crippen molar-refractivity contribution in [3.05, 3.63) is 10.6 Å². The lowest BCUT2D eigenvalue weighted by molar-refractivity contribution is -0.163. The van der Waals surface area contributed by atoms with Crippen LogP contribution in [0.2, 0.25) is 0 Å². The Bertz CT molecular complexity index is 863. The van der Waals surface area contributed by atoms with Crippen LogP contribution in [-0.4, -0.2) is 101 Å². The van der Waals surface area contributed by atoms with Crippen molar-refractivity contribution in [1.82, 2.24) is 15.1 Å². The Kier molecular flexibility index (Phi) is 6.21. The van der Waals surface area contributed by atoms with E-state index in [-0.39, 0.29) is 53.7 Å². The van der Waals surface area contributed by atoms with Crippen LogP contribution in [-0.2, 0) is 25.2 Å². The van der Waals surface area contributed by atoms with E-state index < -0.39 is 40.1 Å². The van der Waals surface area contributed by atoms with Crippen LogP contribution in [0, 0.1) is 11.8 Å². The summed E-state index contributed by atoms with van der Waals surface area (Å²) in [6.45, 7) is 3.96. The zero-order valence-electron chi connectivity index (χ0n) is 17.3. The van der Waals surface area contributed by atoms with Gasteiger partial charge in [0.05, 0.1) is 41.8 Å². The monoisotopic (exact) mass is 473 g/mol. The van der Waals surface area contributed by atoms with Crippen LogP contribution in [0.25, 0.3) is 0 Å². The average molecular weight is 474 g/mol. The number of carboxylic acid groups (broad SMARTS) is 1. The molecule has 0 aromatic heterocycles. The summed E-state index contributed by atoms with van der Waals surface area (Å²) in [5.41, 5.74) is -0.0140. The molecular formula is C19H27N3O7S2. The summed E-state index contributed by atoms with van der Waals surface area (Å²) in [6, 6.07) is -0.815. The van der Waals surface area contributed by atoms with E-state index in [9.17, 15) is 33.9 Å². The molecule has 0 aromatic rings. The SMILES string of the molecule is C[C@@H]1C(S[C@@H]2CN[C@H](C(=O)N3CC(CO)S(=O)C3)C2)=C(C(=O)O)N2C(=O)[C@H]([C@@H](C)O)[C@@H]12. The number of nitrogens with zero attached hydrogens (tertiary/aromatic N) is 2. The number of amides is 2. The Morgan fingerprint density at radius 3 is 2.68 bits per heavy atom. The van der Waals surface area contributed by atoms with Gasteiger partial charge < -0.3 is 30.4 Å². The van der Waals surface area contributed by atoms with Gasteiger partial charge in [-0.15, -0.1) is 11.8 Å². The van der Waals surface area contributed by atoms with Crippen LogP contribution >= 0.6 is 11.8 Å². The molecule has 0 spiro atoms. The second-order valence-electron chi connectivity index (χ2n) is 8.58. The van der Waals surface area contributed by atoms with E-state index >= 15 is 0 Å². The minimum atomic E-state index is -1.26. The second kappa shape index (κ2) is 8.47. The molecule has 172 valence electrons. The number of aliphatic hydroxyl groups excluding tert-OH is 2. The normalized spacial score (nSPS) is 38.5. The Hall–Kier alpha value is -1.47. The first-order valence-corrected chi connectivity index (χ1v) is 12.6. The number of carbonyl (C=O) groups is 3. The highest BCUT2D eigenvalue weighted by Crippen LogP contribution is 2.51. The van der Waals surface area contributed by atoms with Gasteiger partial charge in [0.1, 0.15) is 5.70 Å². The van der Waals surface area contributed by atoms with Crippen LogP contribution in [0.5, 0.6) is 0 Å². The van der Waals surface area contributed by atoms with Gasteiger partial charge in [0.25, 0.3) is 0 Å². The van der Waals surface area contributed by atoms with Crippen molar-refractivity contribution in [1.29, 1.82) is 0 Å². The van der Waals surface area contributed by atoms with Gasteiger partial charge in [0.15, 0.2) is 0 Å². The van der Waals surface area contributed by atoms with Gasteiger partial charge in [0.2, 0.25) is 11.8 Å². The Morgan fingerprint density at radius 2 is 2.10 bits per heavy atom. The molecule has 0 bridgehead atoms. The number of thioether (sulfide) groups is 1. The fourth-order valence-electron chi connectivity index (χ4n) is 4.99. The molecule has 0 radical (unpaired) electrons. The van der Waals surface area contributed by atoms with E-state index in [1.807, 2.05) is 6.92 Å². The van der Waals surface area contributed by atoms with Gasteiger partial charge in [-0.25, -0.2) is 4.79 Å². The third kappa shape index (κ3) is 3.71. The number of carboxylic acids is 1. The van der Waals surface area contributed by atoms with Gasteiger partial charge in [-0.1, -0.05) is 6.92 Å². The lowest BCUT2D eigenvalue weighted by atomic mass is 9.79. The molecule has 8 atom stereocenters. The number of hydrogen-bond donors (Lipinski definition) is 4. The molecule has 0 saturated carbocycles. The summed E-state index contributed by atoms with van der Waals surface area (Å²) in [7, 11) is -1.26. The molecule has 0 aliphatic carbocycles. The molecule has 4 rings (SSSR count). The number of hydrogen-bond acceptors (Lipinski definition) is 8. The van der Waals surface area contributed by atoms with Gasteiger partial charge in [0, 0.05) is 40.0 Å². The summed E-state index contributed by atoms with van der Waals surface area (Å²) in [6.07, 6.45) is -0.364. The fraction of sp³-hybridized carbons (Fsp3) is 0.737. The largest absolute Gasteiger partial charge is 0.477 e. The predicted molar refractivity (Wildman–Crippen MR) is 113 cm³/mol. The van der Waals surface area contributed by atoms with Crippen molar-refractivity contribution in [2.45, 2.75) is 49.0 Å². The highest BCUT2D eigenvalue weighted by atomic mass is 32.2. The Morgan fingerprint density at radius 1 is 1.39 bits per heavy atom. The van der Waals surface area contributed by atoms with Crippen LogP contribution < -0.4 is 5.32 Å². The van der Waals surface area contributed by atoms with E-state index in [0.717, 1.165) is 0 Å².